The van der Waals surface area contributed by atoms with Gasteiger partial charge in [0.2, 0.25) is 5.91 Å². The highest BCUT2D eigenvalue weighted by molar-refractivity contribution is 7.81. The van der Waals surface area contributed by atoms with Crippen molar-refractivity contribution in [2.75, 3.05) is 65.7 Å². The van der Waals surface area contributed by atoms with E-state index in [1.807, 2.05) is 0 Å². The molecule has 0 aromatic carbocycles. The average Bonchev–Trinajstić information content (AvgIpc) is 2.53. The molecule has 136 valence electrons. The van der Waals surface area contributed by atoms with Crippen molar-refractivity contribution in [2.45, 2.75) is 32.1 Å². The van der Waals surface area contributed by atoms with Crippen LogP contribution in [-0.2, 0) is 14.3 Å². The molecule has 1 fully saturated rings. The molecule has 0 aliphatic carbocycles. The number of carbonyl (C=O) groups is 1. The maximum absolute atomic E-state index is 11.2. The fraction of sp³-hybridized carbons (Fsp3) is 0.938. The van der Waals surface area contributed by atoms with Crippen LogP contribution in [0.5, 0.6) is 0 Å². The third-order valence-corrected chi connectivity index (χ3v) is 4.22. The van der Waals surface area contributed by atoms with Gasteiger partial charge in [-0.25, -0.2) is 0 Å². The number of thiol groups is 1. The molecule has 1 heterocycles. The summed E-state index contributed by atoms with van der Waals surface area (Å²) in [6, 6.07) is 0.645. The van der Waals surface area contributed by atoms with Gasteiger partial charge >= 0.3 is 0 Å². The van der Waals surface area contributed by atoms with E-state index in [4.69, 9.17) is 9.47 Å². The number of nitrogens with one attached hydrogen (secondary N) is 1. The van der Waals surface area contributed by atoms with Crippen LogP contribution in [0.4, 0.5) is 0 Å². The molecule has 1 aliphatic heterocycles. The molecule has 1 atom stereocenters. The lowest BCUT2D eigenvalue weighted by Gasteiger charge is -2.36. The second-order valence-corrected chi connectivity index (χ2v) is 6.94. The predicted molar refractivity (Wildman–Crippen MR) is 96.2 cm³/mol. The van der Waals surface area contributed by atoms with Crippen LogP contribution in [0.25, 0.3) is 0 Å². The number of nitrogens with zero attached hydrogens (tertiary/aromatic N) is 2. The summed E-state index contributed by atoms with van der Waals surface area (Å²) in [5.41, 5.74) is 0. The molecular formula is C16H33N3O3S. The van der Waals surface area contributed by atoms with Gasteiger partial charge in [0.1, 0.15) is 0 Å². The van der Waals surface area contributed by atoms with E-state index < -0.39 is 0 Å². The minimum Gasteiger partial charge on any atom is -0.378 e. The second-order valence-electron chi connectivity index (χ2n) is 6.16. The van der Waals surface area contributed by atoms with Gasteiger partial charge in [-0.15, -0.1) is 0 Å². The molecule has 1 amide bonds. The zero-order valence-electron chi connectivity index (χ0n) is 14.8. The summed E-state index contributed by atoms with van der Waals surface area (Å²) in [7, 11) is 0. The minimum absolute atomic E-state index is 0.0641. The molecule has 0 spiro atoms. The van der Waals surface area contributed by atoms with Crippen LogP contribution in [-0.4, -0.2) is 92.7 Å². The van der Waals surface area contributed by atoms with Gasteiger partial charge < -0.3 is 14.8 Å². The van der Waals surface area contributed by atoms with Crippen molar-refractivity contribution in [3.05, 3.63) is 0 Å². The topological polar surface area (TPSA) is 54.0 Å². The summed E-state index contributed by atoms with van der Waals surface area (Å²) in [5.74, 6) is -0.0641. The Labute approximate surface area is 146 Å². The van der Waals surface area contributed by atoms with E-state index in [0.29, 0.717) is 32.4 Å². The number of hydrogen-bond donors (Lipinski definition) is 2. The van der Waals surface area contributed by atoms with Gasteiger partial charge in [0.05, 0.1) is 31.7 Å². The Morgan fingerprint density at radius 2 is 1.65 bits per heavy atom. The molecule has 0 saturated carbocycles. The number of hydrogen-bond acceptors (Lipinski definition) is 6. The van der Waals surface area contributed by atoms with E-state index in [1.54, 1.807) is 6.92 Å². The Kier molecular flexibility index (Phi) is 10.9. The SMILES string of the molecule is CC(S)C(=O)NCCOCCOCCN1CCN(C(C)C)CC1. The first-order valence-corrected chi connectivity index (χ1v) is 9.10. The largest absolute Gasteiger partial charge is 0.378 e. The smallest absolute Gasteiger partial charge is 0.232 e. The molecule has 1 unspecified atom stereocenters. The number of ether oxygens (including phenoxy) is 2. The third kappa shape index (κ3) is 9.52. The monoisotopic (exact) mass is 347 g/mol. The Balaban J connectivity index is 1.86. The summed E-state index contributed by atoms with van der Waals surface area (Å²) < 4.78 is 11.0. The zero-order valence-corrected chi connectivity index (χ0v) is 15.7. The quantitative estimate of drug-likeness (QED) is 0.421. The fourth-order valence-electron chi connectivity index (χ4n) is 2.41. The first kappa shape index (κ1) is 20.7. The second kappa shape index (κ2) is 12.1. The molecule has 0 radical (unpaired) electrons. The zero-order chi connectivity index (χ0) is 17.1. The highest BCUT2D eigenvalue weighted by Gasteiger charge is 2.18. The third-order valence-electron chi connectivity index (χ3n) is 3.99. The molecule has 0 aromatic rings. The number of carbonyl (C=O) groups excluding carboxylic acids is 1. The molecule has 23 heavy (non-hydrogen) atoms. The Morgan fingerprint density at radius 1 is 1.04 bits per heavy atom. The Bertz CT molecular complexity index is 322. The average molecular weight is 348 g/mol. The van der Waals surface area contributed by atoms with Crippen LogP contribution < -0.4 is 5.32 Å². The van der Waals surface area contributed by atoms with Crippen LogP contribution in [0.2, 0.25) is 0 Å². The van der Waals surface area contributed by atoms with Crippen molar-refractivity contribution in [1.29, 1.82) is 0 Å². The van der Waals surface area contributed by atoms with E-state index in [9.17, 15) is 4.79 Å². The van der Waals surface area contributed by atoms with E-state index in [-0.39, 0.29) is 11.2 Å². The van der Waals surface area contributed by atoms with E-state index in [2.05, 4.69) is 41.6 Å². The van der Waals surface area contributed by atoms with Gasteiger partial charge in [0.15, 0.2) is 0 Å². The predicted octanol–water partition coefficient (Wildman–Crippen LogP) is 0.480. The van der Waals surface area contributed by atoms with Gasteiger partial charge in [-0.1, -0.05) is 0 Å². The molecule has 0 bridgehead atoms. The minimum atomic E-state index is -0.277. The summed E-state index contributed by atoms with van der Waals surface area (Å²) in [5, 5.41) is 2.47. The van der Waals surface area contributed by atoms with Crippen molar-refractivity contribution in [2.24, 2.45) is 0 Å². The van der Waals surface area contributed by atoms with Crippen molar-refractivity contribution < 1.29 is 14.3 Å². The summed E-state index contributed by atoms with van der Waals surface area (Å²) in [4.78, 5) is 16.2. The summed E-state index contributed by atoms with van der Waals surface area (Å²) >= 11 is 4.05. The van der Waals surface area contributed by atoms with Crippen molar-refractivity contribution in [3.63, 3.8) is 0 Å². The normalized spacial score (nSPS) is 18.3. The van der Waals surface area contributed by atoms with Crippen LogP contribution in [0, 0.1) is 0 Å². The van der Waals surface area contributed by atoms with E-state index >= 15 is 0 Å². The van der Waals surface area contributed by atoms with Gasteiger partial charge in [0.25, 0.3) is 0 Å². The summed E-state index contributed by atoms with van der Waals surface area (Å²) in [6.07, 6.45) is 0. The number of piperazine rings is 1. The molecule has 1 N–H and O–H groups in total. The molecule has 7 heteroatoms. The number of rotatable bonds is 11. The summed E-state index contributed by atoms with van der Waals surface area (Å²) in [6.45, 7) is 14.7. The van der Waals surface area contributed by atoms with Crippen molar-refractivity contribution in [1.82, 2.24) is 15.1 Å². The first-order valence-electron chi connectivity index (χ1n) is 8.58. The van der Waals surface area contributed by atoms with Gasteiger partial charge in [-0.05, 0) is 20.8 Å². The van der Waals surface area contributed by atoms with Crippen LogP contribution in [0.1, 0.15) is 20.8 Å². The standard InChI is InChI=1S/C16H33N3O3S/c1-14(2)19-7-5-18(6-8-19)9-11-22-13-12-21-10-4-17-16(20)15(3)23/h14-15,23H,4-13H2,1-3H3,(H,17,20). The lowest BCUT2D eigenvalue weighted by molar-refractivity contribution is -0.120. The molecular weight excluding hydrogens is 314 g/mol. The number of amides is 1. The lowest BCUT2D eigenvalue weighted by Crippen LogP contribution is -2.49. The van der Waals surface area contributed by atoms with Gasteiger partial charge in [0, 0.05) is 45.3 Å². The molecule has 1 rings (SSSR count). The fourth-order valence-corrected chi connectivity index (χ4v) is 2.50. The highest BCUT2D eigenvalue weighted by atomic mass is 32.1. The van der Waals surface area contributed by atoms with Crippen molar-refractivity contribution in [3.8, 4) is 0 Å². The van der Waals surface area contributed by atoms with Crippen LogP contribution in [0.15, 0.2) is 0 Å². The first-order chi connectivity index (χ1) is 11.0. The van der Waals surface area contributed by atoms with Crippen LogP contribution >= 0.6 is 12.6 Å². The highest BCUT2D eigenvalue weighted by Crippen LogP contribution is 2.05. The van der Waals surface area contributed by atoms with Crippen LogP contribution in [0.3, 0.4) is 0 Å². The lowest BCUT2D eigenvalue weighted by atomic mass is 10.2. The Morgan fingerprint density at radius 3 is 2.22 bits per heavy atom. The van der Waals surface area contributed by atoms with E-state index in [0.717, 1.165) is 39.3 Å². The van der Waals surface area contributed by atoms with Crippen molar-refractivity contribution >= 4 is 18.5 Å². The van der Waals surface area contributed by atoms with E-state index in [1.165, 1.54) is 0 Å². The maximum Gasteiger partial charge on any atom is 0.232 e. The Hall–Kier alpha value is -0.340. The molecule has 6 nitrogen and oxygen atoms in total. The van der Waals surface area contributed by atoms with Gasteiger partial charge in [-0.2, -0.15) is 12.6 Å². The maximum atomic E-state index is 11.2. The van der Waals surface area contributed by atoms with Gasteiger partial charge in [-0.3, -0.25) is 14.6 Å². The molecule has 1 saturated heterocycles. The molecule has 1 aliphatic rings. The molecule has 0 aromatic heterocycles.